The van der Waals surface area contributed by atoms with Gasteiger partial charge in [0, 0.05) is 19.1 Å². The van der Waals surface area contributed by atoms with Gasteiger partial charge >= 0.3 is 0 Å². The van der Waals surface area contributed by atoms with Gasteiger partial charge in [-0.05, 0) is 30.9 Å². The number of anilines is 1. The first-order chi connectivity index (χ1) is 9.45. The van der Waals surface area contributed by atoms with E-state index in [1.54, 1.807) is 12.1 Å². The van der Waals surface area contributed by atoms with E-state index in [1.165, 1.54) is 0 Å². The zero-order valence-electron chi connectivity index (χ0n) is 12.2. The van der Waals surface area contributed by atoms with E-state index in [4.69, 9.17) is 5.73 Å². The molecule has 0 amide bonds. The Balaban J connectivity index is 2.34. The Morgan fingerprint density at radius 2 is 2.05 bits per heavy atom. The molecule has 0 bridgehead atoms. The number of sulfone groups is 1. The Kier molecular flexibility index (Phi) is 4.70. The molecule has 1 aromatic rings. The van der Waals surface area contributed by atoms with E-state index < -0.39 is 9.84 Å². The van der Waals surface area contributed by atoms with Gasteiger partial charge in [-0.1, -0.05) is 26.0 Å². The van der Waals surface area contributed by atoms with Crippen molar-refractivity contribution in [3.63, 3.8) is 0 Å². The van der Waals surface area contributed by atoms with Crippen LogP contribution in [0.1, 0.15) is 26.7 Å². The molecule has 0 saturated carbocycles. The number of nitrogens with two attached hydrogens (primary N) is 1. The lowest BCUT2D eigenvalue weighted by atomic mass is 9.94. The fourth-order valence-corrected chi connectivity index (χ4v) is 4.24. The highest BCUT2D eigenvalue weighted by atomic mass is 32.2. The van der Waals surface area contributed by atoms with Crippen molar-refractivity contribution in [1.29, 1.82) is 0 Å². The van der Waals surface area contributed by atoms with Crippen LogP contribution in [-0.4, -0.2) is 33.3 Å². The van der Waals surface area contributed by atoms with Crippen LogP contribution in [0.15, 0.2) is 29.2 Å². The van der Waals surface area contributed by atoms with Crippen molar-refractivity contribution in [3.05, 3.63) is 24.3 Å². The summed E-state index contributed by atoms with van der Waals surface area (Å²) in [5, 5.41) is 0. The largest absolute Gasteiger partial charge is 0.369 e. The average Bonchev–Trinajstić information content (AvgIpc) is 2.42. The molecule has 2 rings (SSSR count). The number of para-hydroxylation sites is 1. The molecule has 0 radical (unpaired) electrons. The zero-order chi connectivity index (χ0) is 14.8. The van der Waals surface area contributed by atoms with Crippen LogP contribution < -0.4 is 10.6 Å². The van der Waals surface area contributed by atoms with Crippen molar-refractivity contribution >= 4 is 15.5 Å². The predicted octanol–water partition coefficient (Wildman–Crippen LogP) is 2.04. The standard InChI is InChI=1S/C15H24N2O2S/c1-3-10-20(18,19)15-7-5-4-6-14(15)17-9-8-12(2)13(16)11-17/h4-7,12-13H,3,8-11,16H2,1-2H3. The minimum atomic E-state index is -3.20. The predicted molar refractivity (Wildman–Crippen MR) is 82.8 cm³/mol. The van der Waals surface area contributed by atoms with E-state index in [1.807, 2.05) is 19.1 Å². The third-order valence-electron chi connectivity index (χ3n) is 4.03. The summed E-state index contributed by atoms with van der Waals surface area (Å²) < 4.78 is 24.8. The maximum atomic E-state index is 12.4. The lowest BCUT2D eigenvalue weighted by Crippen LogP contribution is -2.48. The van der Waals surface area contributed by atoms with E-state index in [9.17, 15) is 8.42 Å². The van der Waals surface area contributed by atoms with E-state index in [2.05, 4.69) is 11.8 Å². The zero-order valence-corrected chi connectivity index (χ0v) is 13.1. The SMILES string of the molecule is CCCS(=O)(=O)c1ccccc1N1CCC(C)C(N)C1. The van der Waals surface area contributed by atoms with Crippen molar-refractivity contribution < 1.29 is 8.42 Å². The van der Waals surface area contributed by atoms with Crippen LogP contribution in [0.25, 0.3) is 0 Å². The Hall–Kier alpha value is -1.07. The van der Waals surface area contributed by atoms with Gasteiger partial charge in [-0.25, -0.2) is 8.42 Å². The van der Waals surface area contributed by atoms with Crippen molar-refractivity contribution in [2.45, 2.75) is 37.6 Å². The Bertz CT molecular complexity index is 557. The molecule has 5 heteroatoms. The maximum absolute atomic E-state index is 12.4. The molecular weight excluding hydrogens is 272 g/mol. The van der Waals surface area contributed by atoms with Crippen LogP contribution in [0.3, 0.4) is 0 Å². The van der Waals surface area contributed by atoms with Gasteiger partial charge in [-0.15, -0.1) is 0 Å². The second kappa shape index (κ2) is 6.14. The highest BCUT2D eigenvalue weighted by Gasteiger charge is 2.27. The fraction of sp³-hybridized carbons (Fsp3) is 0.600. The molecule has 4 nitrogen and oxygen atoms in total. The van der Waals surface area contributed by atoms with Gasteiger partial charge in [0.15, 0.2) is 9.84 Å². The lowest BCUT2D eigenvalue weighted by Gasteiger charge is -2.37. The number of benzene rings is 1. The van der Waals surface area contributed by atoms with Gasteiger partial charge in [0.05, 0.1) is 16.3 Å². The summed E-state index contributed by atoms with van der Waals surface area (Å²) >= 11 is 0. The summed E-state index contributed by atoms with van der Waals surface area (Å²) in [6.45, 7) is 5.63. The molecule has 2 unspecified atom stereocenters. The maximum Gasteiger partial charge on any atom is 0.180 e. The minimum absolute atomic E-state index is 0.102. The monoisotopic (exact) mass is 296 g/mol. The third-order valence-corrected chi connectivity index (χ3v) is 5.99. The Morgan fingerprint density at radius 3 is 2.70 bits per heavy atom. The Labute approximate surface area is 121 Å². The third kappa shape index (κ3) is 3.15. The smallest absolute Gasteiger partial charge is 0.180 e. The van der Waals surface area contributed by atoms with Gasteiger partial charge in [0.25, 0.3) is 0 Å². The van der Waals surface area contributed by atoms with Gasteiger partial charge in [0.1, 0.15) is 0 Å². The highest BCUT2D eigenvalue weighted by Crippen LogP contribution is 2.29. The van der Waals surface area contributed by atoms with Crippen LogP contribution in [0.2, 0.25) is 0 Å². The van der Waals surface area contributed by atoms with Crippen molar-refractivity contribution in [2.75, 3.05) is 23.7 Å². The molecule has 0 spiro atoms. The first kappa shape index (κ1) is 15.3. The molecule has 2 atom stereocenters. The number of piperidine rings is 1. The molecule has 112 valence electrons. The number of hydrogen-bond donors (Lipinski definition) is 1. The van der Waals surface area contributed by atoms with Gasteiger partial charge in [0.2, 0.25) is 0 Å². The van der Waals surface area contributed by atoms with Crippen molar-refractivity contribution in [3.8, 4) is 0 Å². The second-order valence-corrected chi connectivity index (χ2v) is 7.74. The van der Waals surface area contributed by atoms with Gasteiger partial charge in [-0.2, -0.15) is 0 Å². The quantitative estimate of drug-likeness (QED) is 0.923. The molecule has 1 heterocycles. The summed E-state index contributed by atoms with van der Waals surface area (Å²) in [5.41, 5.74) is 6.94. The summed E-state index contributed by atoms with van der Waals surface area (Å²) in [6.07, 6.45) is 1.64. The van der Waals surface area contributed by atoms with Crippen LogP contribution in [0, 0.1) is 5.92 Å². The molecule has 1 aliphatic rings. The van der Waals surface area contributed by atoms with E-state index in [-0.39, 0.29) is 11.8 Å². The molecule has 0 aliphatic carbocycles. The van der Waals surface area contributed by atoms with Crippen molar-refractivity contribution in [1.82, 2.24) is 0 Å². The van der Waals surface area contributed by atoms with Gasteiger partial charge < -0.3 is 10.6 Å². The molecule has 2 N–H and O–H groups in total. The van der Waals surface area contributed by atoms with E-state index >= 15 is 0 Å². The average molecular weight is 296 g/mol. The molecule has 1 fully saturated rings. The highest BCUT2D eigenvalue weighted by molar-refractivity contribution is 7.91. The summed E-state index contributed by atoms with van der Waals surface area (Å²) in [4.78, 5) is 2.57. The summed E-state index contributed by atoms with van der Waals surface area (Å²) in [5.74, 6) is 0.686. The van der Waals surface area contributed by atoms with E-state index in [0.717, 1.165) is 25.2 Å². The molecule has 0 aromatic heterocycles. The molecule has 1 aromatic carbocycles. The summed E-state index contributed by atoms with van der Waals surface area (Å²) in [6, 6.07) is 7.39. The lowest BCUT2D eigenvalue weighted by molar-refractivity contribution is 0.378. The number of hydrogen-bond acceptors (Lipinski definition) is 4. The van der Waals surface area contributed by atoms with Crippen LogP contribution >= 0.6 is 0 Å². The van der Waals surface area contributed by atoms with Crippen LogP contribution in [0.5, 0.6) is 0 Å². The van der Waals surface area contributed by atoms with Gasteiger partial charge in [-0.3, -0.25) is 0 Å². The van der Waals surface area contributed by atoms with Crippen LogP contribution in [0.4, 0.5) is 5.69 Å². The molecular formula is C15H24N2O2S. The molecule has 20 heavy (non-hydrogen) atoms. The normalized spacial score (nSPS) is 23.9. The van der Waals surface area contributed by atoms with Crippen molar-refractivity contribution in [2.24, 2.45) is 11.7 Å². The first-order valence-corrected chi connectivity index (χ1v) is 8.93. The molecule has 1 saturated heterocycles. The minimum Gasteiger partial charge on any atom is -0.369 e. The molecule has 1 aliphatic heterocycles. The first-order valence-electron chi connectivity index (χ1n) is 7.28. The topological polar surface area (TPSA) is 63.4 Å². The second-order valence-electron chi connectivity index (χ2n) is 5.66. The fourth-order valence-electron chi connectivity index (χ4n) is 2.68. The number of nitrogens with zero attached hydrogens (tertiary/aromatic N) is 1. The number of rotatable bonds is 4. The Morgan fingerprint density at radius 1 is 1.35 bits per heavy atom. The van der Waals surface area contributed by atoms with Crippen LogP contribution in [-0.2, 0) is 9.84 Å². The van der Waals surface area contributed by atoms with E-state index in [0.29, 0.717) is 17.2 Å². The summed E-state index contributed by atoms with van der Waals surface area (Å²) in [7, 11) is -3.20.